The molecule has 1 aliphatic carbocycles. The predicted molar refractivity (Wildman–Crippen MR) is 107 cm³/mol. The third kappa shape index (κ3) is 3.60. The fraction of sp³-hybridized carbons (Fsp3) is 0.333. The van der Waals surface area contributed by atoms with Crippen molar-refractivity contribution in [2.24, 2.45) is 0 Å². The lowest BCUT2D eigenvalue weighted by molar-refractivity contribution is -0.130. The summed E-state index contributed by atoms with van der Waals surface area (Å²) in [6.45, 7) is 2.26. The first-order chi connectivity index (χ1) is 13.6. The van der Waals surface area contributed by atoms with E-state index in [1.54, 1.807) is 11.0 Å². The lowest BCUT2D eigenvalue weighted by Gasteiger charge is -2.33. The molecule has 4 rings (SSSR count). The van der Waals surface area contributed by atoms with Crippen LogP contribution < -0.4 is 5.32 Å². The van der Waals surface area contributed by atoms with Crippen LogP contribution in [0.3, 0.4) is 0 Å². The summed E-state index contributed by atoms with van der Waals surface area (Å²) >= 11 is 0. The molecule has 1 heterocycles. The number of carbonyl (C=O) groups is 1. The minimum Gasteiger partial charge on any atom is -0.376 e. The van der Waals surface area contributed by atoms with Gasteiger partial charge in [0.25, 0.3) is 0 Å². The van der Waals surface area contributed by atoms with Gasteiger partial charge in [0.15, 0.2) is 0 Å². The lowest BCUT2D eigenvalue weighted by Crippen LogP contribution is -2.37. The second-order valence-electron chi connectivity index (χ2n) is 7.22. The first kappa shape index (κ1) is 18.2. The Morgan fingerprint density at radius 2 is 2.14 bits per heavy atom. The van der Waals surface area contributed by atoms with E-state index in [1.807, 2.05) is 37.1 Å². The van der Waals surface area contributed by atoms with Gasteiger partial charge >= 0.3 is 0 Å². The Bertz CT molecular complexity index is 969. The molecule has 0 bridgehead atoms. The molecule has 3 aromatic rings. The molecule has 0 fully saturated rings. The van der Waals surface area contributed by atoms with Gasteiger partial charge in [-0.25, -0.2) is 4.68 Å². The van der Waals surface area contributed by atoms with Crippen molar-refractivity contribution in [3.63, 3.8) is 0 Å². The van der Waals surface area contributed by atoms with Gasteiger partial charge < -0.3 is 10.2 Å². The van der Waals surface area contributed by atoms with Crippen LogP contribution in [-0.2, 0) is 11.2 Å². The van der Waals surface area contributed by atoms with Gasteiger partial charge in [0.2, 0.25) is 5.91 Å². The highest BCUT2D eigenvalue weighted by Crippen LogP contribution is 2.33. The van der Waals surface area contributed by atoms with Crippen molar-refractivity contribution < 1.29 is 4.79 Å². The molecule has 2 aromatic carbocycles. The molecule has 7 nitrogen and oxygen atoms in total. The Hall–Kier alpha value is -3.22. The number of hydrogen-bond donors (Lipinski definition) is 1. The minimum atomic E-state index is 0.0777. The summed E-state index contributed by atoms with van der Waals surface area (Å²) in [5.74, 6) is 0.0777. The largest absolute Gasteiger partial charge is 0.376 e. The van der Waals surface area contributed by atoms with Crippen molar-refractivity contribution in [3.05, 3.63) is 65.5 Å². The molecular weight excluding hydrogens is 352 g/mol. The standard InChI is InChI=1S/C21H24N6O/c1-15-10-11-17(27-14-23-24-25-27)12-19(15)22-13-21(28)26(2)20-9-5-7-16-6-3-4-8-18(16)20/h3-4,6,8,10-12,14,20,22H,5,7,9,13H2,1-2H3. The van der Waals surface area contributed by atoms with Crippen LogP contribution >= 0.6 is 0 Å². The van der Waals surface area contributed by atoms with Gasteiger partial charge in [0.05, 0.1) is 18.3 Å². The van der Waals surface area contributed by atoms with E-state index in [-0.39, 0.29) is 18.5 Å². The Balaban J connectivity index is 1.46. The zero-order chi connectivity index (χ0) is 19.5. The fourth-order valence-corrected chi connectivity index (χ4v) is 3.82. The molecule has 144 valence electrons. The summed E-state index contributed by atoms with van der Waals surface area (Å²) in [4.78, 5) is 14.8. The van der Waals surface area contributed by atoms with Crippen molar-refractivity contribution >= 4 is 11.6 Å². The number of rotatable bonds is 5. The second kappa shape index (κ2) is 7.80. The Morgan fingerprint density at radius 1 is 1.29 bits per heavy atom. The summed E-state index contributed by atoms with van der Waals surface area (Å²) in [6, 6.07) is 14.5. The molecule has 1 amide bonds. The molecule has 0 saturated carbocycles. The zero-order valence-corrected chi connectivity index (χ0v) is 16.2. The van der Waals surface area contributed by atoms with Crippen LogP contribution in [0.2, 0.25) is 0 Å². The van der Waals surface area contributed by atoms with Crippen molar-refractivity contribution in [2.75, 3.05) is 18.9 Å². The number of amides is 1. The molecule has 0 spiro atoms. The van der Waals surface area contributed by atoms with E-state index in [2.05, 4.69) is 45.1 Å². The van der Waals surface area contributed by atoms with Gasteiger partial charge in [0.1, 0.15) is 6.33 Å². The lowest BCUT2D eigenvalue weighted by atomic mass is 9.87. The molecule has 0 aliphatic heterocycles. The molecule has 7 heteroatoms. The first-order valence-electron chi connectivity index (χ1n) is 9.55. The molecule has 0 saturated heterocycles. The third-order valence-electron chi connectivity index (χ3n) is 5.46. The number of carbonyl (C=O) groups excluding carboxylic acids is 1. The molecule has 0 radical (unpaired) electrons. The van der Waals surface area contributed by atoms with Crippen LogP contribution in [0, 0.1) is 6.92 Å². The second-order valence-corrected chi connectivity index (χ2v) is 7.22. The number of nitrogens with one attached hydrogen (secondary N) is 1. The van der Waals surface area contributed by atoms with Crippen molar-refractivity contribution in [1.82, 2.24) is 25.1 Å². The number of aromatic nitrogens is 4. The first-order valence-corrected chi connectivity index (χ1v) is 9.55. The number of nitrogens with zero attached hydrogens (tertiary/aromatic N) is 5. The van der Waals surface area contributed by atoms with Crippen LogP contribution in [-0.4, -0.2) is 44.6 Å². The van der Waals surface area contributed by atoms with Gasteiger partial charge in [-0.05, 0) is 65.4 Å². The van der Waals surface area contributed by atoms with Crippen LogP contribution in [0.4, 0.5) is 5.69 Å². The zero-order valence-electron chi connectivity index (χ0n) is 16.2. The number of likely N-dealkylation sites (N-methyl/N-ethyl adjacent to an activating group) is 1. The smallest absolute Gasteiger partial charge is 0.242 e. The molecule has 1 aliphatic rings. The van der Waals surface area contributed by atoms with Gasteiger partial charge in [-0.2, -0.15) is 0 Å². The monoisotopic (exact) mass is 376 g/mol. The van der Waals surface area contributed by atoms with E-state index >= 15 is 0 Å². The topological polar surface area (TPSA) is 75.9 Å². The van der Waals surface area contributed by atoms with Gasteiger partial charge in [-0.3, -0.25) is 4.79 Å². The highest BCUT2D eigenvalue weighted by Gasteiger charge is 2.26. The third-order valence-corrected chi connectivity index (χ3v) is 5.46. The summed E-state index contributed by atoms with van der Waals surface area (Å²) < 4.78 is 1.59. The minimum absolute atomic E-state index is 0.0777. The van der Waals surface area contributed by atoms with Crippen molar-refractivity contribution in [2.45, 2.75) is 32.2 Å². The SMILES string of the molecule is Cc1ccc(-n2cnnn2)cc1NCC(=O)N(C)C1CCCc2ccccc21. The van der Waals surface area contributed by atoms with E-state index in [0.717, 1.165) is 36.2 Å². The van der Waals surface area contributed by atoms with E-state index in [4.69, 9.17) is 0 Å². The summed E-state index contributed by atoms with van der Waals surface area (Å²) in [6.07, 6.45) is 4.76. The number of hydrogen-bond acceptors (Lipinski definition) is 5. The summed E-state index contributed by atoms with van der Waals surface area (Å²) in [5.41, 5.74) is 5.45. The highest BCUT2D eigenvalue weighted by molar-refractivity contribution is 5.81. The molecular formula is C21H24N6O. The van der Waals surface area contributed by atoms with Crippen LogP contribution in [0.1, 0.15) is 35.6 Å². The molecule has 1 aromatic heterocycles. The number of tetrazole rings is 1. The highest BCUT2D eigenvalue weighted by atomic mass is 16.2. The maximum atomic E-state index is 12.9. The van der Waals surface area contributed by atoms with E-state index in [9.17, 15) is 4.79 Å². The molecule has 1 unspecified atom stereocenters. The van der Waals surface area contributed by atoms with Gasteiger partial charge in [-0.15, -0.1) is 5.10 Å². The Morgan fingerprint density at radius 3 is 2.96 bits per heavy atom. The van der Waals surface area contributed by atoms with E-state index in [1.165, 1.54) is 11.1 Å². The maximum Gasteiger partial charge on any atom is 0.242 e. The number of fused-ring (bicyclic) bond motifs is 1. The Kier molecular flexibility index (Phi) is 5.06. The van der Waals surface area contributed by atoms with Gasteiger partial charge in [-0.1, -0.05) is 30.3 Å². The summed E-state index contributed by atoms with van der Waals surface area (Å²) in [5, 5.41) is 14.5. The normalized spacial score (nSPS) is 15.7. The Labute approximate surface area is 164 Å². The molecule has 1 N–H and O–H groups in total. The number of benzene rings is 2. The van der Waals surface area contributed by atoms with E-state index in [0.29, 0.717) is 0 Å². The van der Waals surface area contributed by atoms with Crippen LogP contribution in [0.5, 0.6) is 0 Å². The summed E-state index contributed by atoms with van der Waals surface area (Å²) in [7, 11) is 1.90. The van der Waals surface area contributed by atoms with Gasteiger partial charge in [0, 0.05) is 12.7 Å². The van der Waals surface area contributed by atoms with Crippen LogP contribution in [0.25, 0.3) is 5.69 Å². The molecule has 28 heavy (non-hydrogen) atoms. The van der Waals surface area contributed by atoms with Crippen molar-refractivity contribution in [3.8, 4) is 5.69 Å². The van der Waals surface area contributed by atoms with Crippen LogP contribution in [0.15, 0.2) is 48.8 Å². The fourth-order valence-electron chi connectivity index (χ4n) is 3.82. The van der Waals surface area contributed by atoms with Crippen molar-refractivity contribution in [1.29, 1.82) is 0 Å². The average Bonchev–Trinajstić information content (AvgIpc) is 3.27. The quantitative estimate of drug-likeness (QED) is 0.741. The average molecular weight is 376 g/mol. The predicted octanol–water partition coefficient (Wildman–Crippen LogP) is 2.92. The molecule has 1 atom stereocenters. The number of aryl methyl sites for hydroxylation is 2. The van der Waals surface area contributed by atoms with E-state index < -0.39 is 0 Å². The maximum absolute atomic E-state index is 12.9. The number of anilines is 1.